The number of para-hydroxylation sites is 1. The maximum absolute atomic E-state index is 12.4. The second-order valence-corrected chi connectivity index (χ2v) is 4.45. The van der Waals surface area contributed by atoms with Gasteiger partial charge in [-0.25, -0.2) is 0 Å². The van der Waals surface area contributed by atoms with E-state index < -0.39 is 0 Å². The Labute approximate surface area is 114 Å². The van der Waals surface area contributed by atoms with Gasteiger partial charge in [-0.2, -0.15) is 0 Å². The lowest BCUT2D eigenvalue weighted by Gasteiger charge is -2.09. The molecule has 3 aromatic rings. The summed E-state index contributed by atoms with van der Waals surface area (Å²) in [7, 11) is 1.57. The number of fused-ring (bicyclic) bond motifs is 2. The number of rotatable bonds is 2. The third kappa shape index (κ3) is 1.78. The van der Waals surface area contributed by atoms with Crippen LogP contribution < -0.4 is 10.2 Å². The van der Waals surface area contributed by atoms with Crippen LogP contribution in [0.2, 0.25) is 0 Å². The first-order valence-corrected chi connectivity index (χ1v) is 6.37. The summed E-state index contributed by atoms with van der Waals surface area (Å²) >= 11 is 5.95. The highest BCUT2D eigenvalue weighted by Crippen LogP contribution is 2.30. The quantitative estimate of drug-likeness (QED) is 0.528. The Morgan fingerprint density at radius 2 is 1.95 bits per heavy atom. The summed E-state index contributed by atoms with van der Waals surface area (Å²) in [6.45, 7) is 0. The number of hydrogen-bond acceptors (Lipinski definition) is 3. The summed E-state index contributed by atoms with van der Waals surface area (Å²) in [6.07, 6.45) is 0. The minimum Gasteiger partial charge on any atom is -0.496 e. The van der Waals surface area contributed by atoms with E-state index in [-0.39, 0.29) is 11.3 Å². The first-order chi connectivity index (χ1) is 9.26. The molecule has 1 heterocycles. The van der Waals surface area contributed by atoms with Gasteiger partial charge in [-0.05, 0) is 24.3 Å². The molecule has 4 heteroatoms. The maximum atomic E-state index is 12.4. The van der Waals surface area contributed by atoms with Gasteiger partial charge < -0.3 is 9.15 Å². The van der Waals surface area contributed by atoms with E-state index in [1.807, 2.05) is 12.1 Å². The van der Waals surface area contributed by atoms with E-state index in [4.69, 9.17) is 20.8 Å². The Balaban J connectivity index is 2.54. The lowest BCUT2D eigenvalue weighted by molar-refractivity contribution is 0.411. The van der Waals surface area contributed by atoms with Gasteiger partial charge in [0.25, 0.3) is 0 Å². The van der Waals surface area contributed by atoms with E-state index in [2.05, 4.69) is 0 Å². The molecule has 0 aliphatic heterocycles. The molecule has 19 heavy (non-hydrogen) atoms. The number of benzene rings is 2. The molecule has 96 valence electrons. The van der Waals surface area contributed by atoms with Crippen LogP contribution in [-0.4, -0.2) is 7.11 Å². The van der Waals surface area contributed by atoms with Crippen molar-refractivity contribution < 1.29 is 9.15 Å². The monoisotopic (exact) mass is 274 g/mol. The number of alkyl halides is 1. The van der Waals surface area contributed by atoms with Crippen LogP contribution in [0, 0.1) is 0 Å². The first-order valence-electron chi connectivity index (χ1n) is 5.83. The molecule has 2 aromatic carbocycles. The summed E-state index contributed by atoms with van der Waals surface area (Å²) in [6, 6.07) is 10.6. The zero-order chi connectivity index (χ0) is 13.4. The molecule has 0 atom stereocenters. The van der Waals surface area contributed by atoms with Crippen molar-refractivity contribution in [3.05, 3.63) is 52.2 Å². The number of methoxy groups -OCH3 is 1. The van der Waals surface area contributed by atoms with Crippen LogP contribution in [0.15, 0.2) is 45.6 Å². The van der Waals surface area contributed by atoms with Crippen LogP contribution in [0.5, 0.6) is 5.75 Å². The van der Waals surface area contributed by atoms with Gasteiger partial charge in [0.2, 0.25) is 5.43 Å². The van der Waals surface area contributed by atoms with Gasteiger partial charge in [0.1, 0.15) is 16.9 Å². The van der Waals surface area contributed by atoms with Crippen LogP contribution >= 0.6 is 11.6 Å². The van der Waals surface area contributed by atoms with E-state index in [0.717, 1.165) is 0 Å². The molecular weight excluding hydrogens is 264 g/mol. The Kier molecular flexibility index (Phi) is 2.91. The Bertz CT molecular complexity index is 821. The zero-order valence-electron chi connectivity index (χ0n) is 10.3. The van der Waals surface area contributed by atoms with Crippen LogP contribution in [0.4, 0.5) is 0 Å². The molecule has 0 spiro atoms. The van der Waals surface area contributed by atoms with Crippen molar-refractivity contribution >= 4 is 33.5 Å². The average molecular weight is 275 g/mol. The van der Waals surface area contributed by atoms with Crippen LogP contribution in [0.1, 0.15) is 5.56 Å². The molecule has 0 aliphatic carbocycles. The molecule has 0 saturated carbocycles. The highest BCUT2D eigenvalue weighted by atomic mass is 35.5. The highest BCUT2D eigenvalue weighted by molar-refractivity contribution is 6.18. The van der Waals surface area contributed by atoms with Crippen molar-refractivity contribution in [1.29, 1.82) is 0 Å². The molecule has 0 radical (unpaired) electrons. The van der Waals surface area contributed by atoms with Gasteiger partial charge in [-0.15, -0.1) is 11.6 Å². The topological polar surface area (TPSA) is 39.4 Å². The third-order valence-corrected chi connectivity index (χ3v) is 3.43. The van der Waals surface area contributed by atoms with E-state index in [0.29, 0.717) is 33.3 Å². The SMILES string of the molecule is COc1ccc2c(=O)c3ccccc3oc2c1CCl. The van der Waals surface area contributed by atoms with E-state index in [1.165, 1.54) is 0 Å². The summed E-state index contributed by atoms with van der Waals surface area (Å²) in [5, 5.41) is 1.09. The Morgan fingerprint density at radius 3 is 2.68 bits per heavy atom. The molecule has 0 amide bonds. The molecule has 3 nitrogen and oxygen atoms in total. The Hall–Kier alpha value is -2.00. The van der Waals surface area contributed by atoms with Gasteiger partial charge in [0.15, 0.2) is 0 Å². The summed E-state index contributed by atoms with van der Waals surface area (Å²) in [5.74, 6) is 0.850. The lowest BCUT2D eigenvalue weighted by Crippen LogP contribution is -2.04. The van der Waals surface area contributed by atoms with Gasteiger partial charge in [-0.1, -0.05) is 12.1 Å². The molecule has 3 rings (SSSR count). The number of ether oxygens (including phenoxy) is 1. The fraction of sp³-hybridized carbons (Fsp3) is 0.133. The van der Waals surface area contributed by atoms with Crippen molar-refractivity contribution in [2.24, 2.45) is 0 Å². The van der Waals surface area contributed by atoms with Crippen LogP contribution in [0.25, 0.3) is 21.9 Å². The first kappa shape index (κ1) is 12.1. The highest BCUT2D eigenvalue weighted by Gasteiger charge is 2.14. The largest absolute Gasteiger partial charge is 0.496 e. The normalized spacial score (nSPS) is 11.1. The fourth-order valence-corrected chi connectivity index (χ4v) is 2.47. The molecule has 0 unspecified atom stereocenters. The van der Waals surface area contributed by atoms with Gasteiger partial charge >= 0.3 is 0 Å². The number of halogens is 1. The van der Waals surface area contributed by atoms with E-state index >= 15 is 0 Å². The molecule has 0 bridgehead atoms. The fourth-order valence-electron chi connectivity index (χ4n) is 2.22. The van der Waals surface area contributed by atoms with Crippen molar-refractivity contribution in [1.82, 2.24) is 0 Å². The van der Waals surface area contributed by atoms with E-state index in [9.17, 15) is 4.79 Å². The molecule has 0 fully saturated rings. The van der Waals surface area contributed by atoms with Gasteiger partial charge in [-0.3, -0.25) is 4.79 Å². The second-order valence-electron chi connectivity index (χ2n) is 4.18. The molecule has 0 aliphatic rings. The Morgan fingerprint density at radius 1 is 1.16 bits per heavy atom. The minimum atomic E-state index is -0.0501. The standard InChI is InChI=1S/C15H11ClO3/c1-18-12-7-6-10-14(17)9-4-2-3-5-13(9)19-15(10)11(12)8-16/h2-7H,8H2,1H3. The average Bonchev–Trinajstić information content (AvgIpc) is 2.46. The third-order valence-electron chi connectivity index (χ3n) is 3.16. The predicted octanol–water partition coefficient (Wildman–Crippen LogP) is 3.69. The molecule has 0 saturated heterocycles. The molecule has 1 aromatic heterocycles. The summed E-state index contributed by atoms with van der Waals surface area (Å²) in [5.41, 5.74) is 1.70. The zero-order valence-corrected chi connectivity index (χ0v) is 11.0. The predicted molar refractivity (Wildman–Crippen MR) is 76.1 cm³/mol. The van der Waals surface area contributed by atoms with Gasteiger partial charge in [0.05, 0.1) is 29.3 Å². The number of hydrogen-bond donors (Lipinski definition) is 0. The van der Waals surface area contributed by atoms with Crippen LogP contribution in [0.3, 0.4) is 0 Å². The van der Waals surface area contributed by atoms with Crippen molar-refractivity contribution in [2.45, 2.75) is 5.88 Å². The van der Waals surface area contributed by atoms with Crippen molar-refractivity contribution in [2.75, 3.05) is 7.11 Å². The van der Waals surface area contributed by atoms with Crippen molar-refractivity contribution in [3.63, 3.8) is 0 Å². The minimum absolute atomic E-state index is 0.0501. The summed E-state index contributed by atoms with van der Waals surface area (Å²) in [4.78, 5) is 12.4. The van der Waals surface area contributed by atoms with Gasteiger partial charge in [0, 0.05) is 0 Å². The van der Waals surface area contributed by atoms with Crippen molar-refractivity contribution in [3.8, 4) is 5.75 Å². The maximum Gasteiger partial charge on any atom is 0.200 e. The summed E-state index contributed by atoms with van der Waals surface area (Å²) < 4.78 is 11.1. The smallest absolute Gasteiger partial charge is 0.200 e. The van der Waals surface area contributed by atoms with Crippen LogP contribution in [-0.2, 0) is 5.88 Å². The van der Waals surface area contributed by atoms with E-state index in [1.54, 1.807) is 31.4 Å². The second kappa shape index (κ2) is 4.59. The molecular formula is C15H11ClO3. The molecule has 0 N–H and O–H groups in total. The lowest BCUT2D eigenvalue weighted by atomic mass is 10.1.